The predicted molar refractivity (Wildman–Crippen MR) is 161 cm³/mol. The fourth-order valence-corrected chi connectivity index (χ4v) is 4.86. The number of H-pyrrole nitrogens is 3. The van der Waals surface area contributed by atoms with Crippen molar-refractivity contribution in [1.29, 1.82) is 0 Å². The van der Waals surface area contributed by atoms with Gasteiger partial charge in [-0.15, -0.1) is 0 Å². The monoisotopic (exact) mass is 606 g/mol. The maximum Gasteiger partial charge on any atom is 0.326 e. The number of benzene rings is 1. The molecular weight excluding hydrogens is 568 g/mol. The minimum atomic E-state index is -1.27. The van der Waals surface area contributed by atoms with Crippen molar-refractivity contribution in [2.75, 3.05) is 6.54 Å². The topological polar surface area (TPSA) is 250 Å². The lowest BCUT2D eigenvalue weighted by molar-refractivity contribution is -0.142. The van der Waals surface area contributed by atoms with Crippen LogP contribution in [0.3, 0.4) is 0 Å². The summed E-state index contributed by atoms with van der Waals surface area (Å²) in [6, 6.07) is 3.02. The Morgan fingerprint density at radius 3 is 2.09 bits per heavy atom. The van der Waals surface area contributed by atoms with E-state index in [0.717, 1.165) is 16.5 Å². The molecule has 0 bridgehead atoms. The van der Waals surface area contributed by atoms with Crippen LogP contribution in [0.15, 0.2) is 55.5 Å². The highest BCUT2D eigenvalue weighted by Gasteiger charge is 2.31. The molecular formula is C29H38N10O5. The number of aliphatic carboxylic acids is 1. The van der Waals surface area contributed by atoms with Crippen molar-refractivity contribution in [3.8, 4) is 0 Å². The molecule has 0 fully saturated rings. The minimum absolute atomic E-state index is 0.000196. The molecule has 0 saturated carbocycles. The first kappa shape index (κ1) is 31.9. The molecule has 3 amide bonds. The van der Waals surface area contributed by atoms with E-state index >= 15 is 0 Å². The largest absolute Gasteiger partial charge is 0.480 e. The summed E-state index contributed by atoms with van der Waals surface area (Å²) in [6.45, 7) is 0.402. The van der Waals surface area contributed by atoms with Crippen molar-refractivity contribution in [2.45, 2.75) is 62.7 Å². The maximum atomic E-state index is 13.5. The molecule has 1 aromatic carbocycles. The van der Waals surface area contributed by atoms with Gasteiger partial charge in [0.2, 0.25) is 17.7 Å². The Morgan fingerprint density at radius 2 is 1.43 bits per heavy atom. The van der Waals surface area contributed by atoms with Crippen LogP contribution in [0.1, 0.15) is 36.2 Å². The molecule has 0 aliphatic heterocycles. The number of aromatic amines is 3. The third-order valence-electron chi connectivity index (χ3n) is 7.24. The van der Waals surface area contributed by atoms with Crippen molar-refractivity contribution >= 4 is 34.6 Å². The van der Waals surface area contributed by atoms with Crippen molar-refractivity contribution in [1.82, 2.24) is 40.9 Å². The average molecular weight is 607 g/mol. The number of hydrogen-bond acceptors (Lipinski definition) is 8. The number of unbranched alkanes of at least 4 members (excludes halogenated alkanes) is 1. The van der Waals surface area contributed by atoms with Crippen LogP contribution >= 0.6 is 0 Å². The quantitative estimate of drug-likeness (QED) is 0.0711. The van der Waals surface area contributed by atoms with Crippen molar-refractivity contribution in [3.05, 3.63) is 72.5 Å². The first-order valence-electron chi connectivity index (χ1n) is 14.3. The van der Waals surface area contributed by atoms with Crippen molar-refractivity contribution < 1.29 is 24.3 Å². The third kappa shape index (κ3) is 8.75. The van der Waals surface area contributed by atoms with Gasteiger partial charge in [-0.25, -0.2) is 14.8 Å². The van der Waals surface area contributed by atoms with Crippen LogP contribution in [0.4, 0.5) is 0 Å². The summed E-state index contributed by atoms with van der Waals surface area (Å²) < 4.78 is 0. The highest BCUT2D eigenvalue weighted by Crippen LogP contribution is 2.19. The van der Waals surface area contributed by atoms with Crippen LogP contribution in [0.2, 0.25) is 0 Å². The van der Waals surface area contributed by atoms with Crippen molar-refractivity contribution in [3.63, 3.8) is 0 Å². The molecule has 44 heavy (non-hydrogen) atoms. The van der Waals surface area contributed by atoms with E-state index in [1.807, 2.05) is 24.3 Å². The van der Waals surface area contributed by atoms with Gasteiger partial charge >= 0.3 is 5.97 Å². The molecule has 11 N–H and O–H groups in total. The van der Waals surface area contributed by atoms with E-state index in [-0.39, 0.29) is 25.7 Å². The van der Waals surface area contributed by atoms with Gasteiger partial charge in [0, 0.05) is 60.1 Å². The summed E-state index contributed by atoms with van der Waals surface area (Å²) in [7, 11) is 0. The predicted octanol–water partition coefficient (Wildman–Crippen LogP) is -0.363. The van der Waals surface area contributed by atoms with E-state index in [1.54, 1.807) is 12.4 Å². The smallest absolute Gasteiger partial charge is 0.326 e. The molecule has 0 saturated heterocycles. The average Bonchev–Trinajstić information content (AvgIpc) is 3.79. The van der Waals surface area contributed by atoms with Crippen LogP contribution in [0.25, 0.3) is 10.9 Å². The van der Waals surface area contributed by atoms with Gasteiger partial charge in [0.25, 0.3) is 0 Å². The number of nitrogens with zero attached hydrogens (tertiary/aromatic N) is 2. The highest BCUT2D eigenvalue weighted by molar-refractivity contribution is 5.94. The van der Waals surface area contributed by atoms with Crippen LogP contribution < -0.4 is 27.4 Å². The number of carboxylic acid groups (broad SMARTS) is 1. The summed E-state index contributed by atoms with van der Waals surface area (Å²) in [6.07, 6.45) is 9.28. The molecule has 3 heterocycles. The Hall–Kier alpha value is -5.02. The van der Waals surface area contributed by atoms with Gasteiger partial charge in [-0.05, 0) is 37.4 Å². The number of aromatic nitrogens is 5. The fraction of sp³-hybridized carbons (Fsp3) is 0.379. The summed E-state index contributed by atoms with van der Waals surface area (Å²) in [5.74, 6) is -3.10. The molecule has 0 aliphatic rings. The van der Waals surface area contributed by atoms with Gasteiger partial charge in [0.15, 0.2) is 0 Å². The lowest BCUT2D eigenvalue weighted by Gasteiger charge is -2.25. The van der Waals surface area contributed by atoms with Crippen LogP contribution in [-0.4, -0.2) is 84.4 Å². The Morgan fingerprint density at radius 1 is 0.795 bits per heavy atom. The molecule has 0 aliphatic carbocycles. The normalized spacial score (nSPS) is 14.0. The molecule has 4 unspecified atom stereocenters. The standard InChI is InChI=1S/C29H38N10O5/c30-8-4-3-7-23(37-26(40)21(31)10-18-13-32-15-35-18)27(41)38-24(11-19-14-33-16-36-19)28(42)39-25(29(43)44)9-17-12-34-22-6-2-1-5-20(17)22/h1-2,5-6,12-16,21,23-25,34H,3-4,7-11,30-31H2,(H,32,35)(H,33,36)(H,37,40)(H,38,41)(H,39,42)(H,43,44). The number of carboxylic acids is 1. The Bertz CT molecular complexity index is 1520. The molecule has 0 spiro atoms. The van der Waals surface area contributed by atoms with Gasteiger partial charge in [0.05, 0.1) is 18.7 Å². The van der Waals surface area contributed by atoms with Gasteiger partial charge in [-0.1, -0.05) is 18.2 Å². The number of para-hydroxylation sites is 1. The van der Waals surface area contributed by atoms with Gasteiger partial charge in [-0.3, -0.25) is 14.4 Å². The third-order valence-corrected chi connectivity index (χ3v) is 7.24. The second-order valence-electron chi connectivity index (χ2n) is 10.5. The molecule has 234 valence electrons. The fourth-order valence-electron chi connectivity index (χ4n) is 4.86. The Balaban J connectivity index is 1.48. The lowest BCUT2D eigenvalue weighted by Crippen LogP contribution is -2.58. The maximum absolute atomic E-state index is 13.5. The summed E-state index contributed by atoms with van der Waals surface area (Å²) in [4.78, 5) is 69.0. The summed E-state index contributed by atoms with van der Waals surface area (Å²) in [5.41, 5.74) is 14.5. The SMILES string of the molecule is NCCCCC(NC(=O)C(N)Cc1cnc[nH]1)C(=O)NC(Cc1cnc[nH]1)C(=O)NC(Cc1c[nH]c2ccccc12)C(=O)O. The Labute approximate surface area is 253 Å². The molecule has 4 atom stereocenters. The zero-order valence-corrected chi connectivity index (χ0v) is 24.1. The van der Waals surface area contributed by atoms with Gasteiger partial charge in [0.1, 0.15) is 18.1 Å². The number of fused-ring (bicyclic) bond motifs is 1. The Kier molecular flexibility index (Phi) is 11.2. The van der Waals surface area contributed by atoms with Crippen LogP contribution in [-0.2, 0) is 38.4 Å². The second-order valence-corrected chi connectivity index (χ2v) is 10.5. The number of carbonyl (C=O) groups excluding carboxylic acids is 3. The number of nitrogens with one attached hydrogen (secondary N) is 6. The van der Waals surface area contributed by atoms with Gasteiger partial charge < -0.3 is 47.5 Å². The molecule has 4 rings (SSSR count). The first-order valence-corrected chi connectivity index (χ1v) is 14.3. The molecule has 15 heteroatoms. The second kappa shape index (κ2) is 15.5. The van der Waals surface area contributed by atoms with E-state index in [9.17, 15) is 24.3 Å². The zero-order chi connectivity index (χ0) is 31.5. The zero-order valence-electron chi connectivity index (χ0n) is 24.1. The number of amides is 3. The molecule has 0 radical (unpaired) electrons. The van der Waals surface area contributed by atoms with E-state index in [4.69, 9.17) is 11.5 Å². The van der Waals surface area contributed by atoms with Crippen molar-refractivity contribution in [2.24, 2.45) is 11.5 Å². The van der Waals surface area contributed by atoms with E-state index in [0.29, 0.717) is 30.8 Å². The van der Waals surface area contributed by atoms with Crippen LogP contribution in [0.5, 0.6) is 0 Å². The number of imidazole rings is 2. The molecule has 3 aromatic heterocycles. The highest BCUT2D eigenvalue weighted by atomic mass is 16.4. The summed E-state index contributed by atoms with van der Waals surface area (Å²) in [5, 5.41) is 18.8. The van der Waals surface area contributed by atoms with E-state index in [2.05, 4.69) is 40.9 Å². The van der Waals surface area contributed by atoms with E-state index < -0.39 is 47.9 Å². The molecule has 15 nitrogen and oxygen atoms in total. The van der Waals surface area contributed by atoms with Gasteiger partial charge in [-0.2, -0.15) is 0 Å². The summed E-state index contributed by atoms with van der Waals surface area (Å²) >= 11 is 0. The lowest BCUT2D eigenvalue weighted by atomic mass is 10.0. The van der Waals surface area contributed by atoms with Crippen LogP contribution in [0, 0.1) is 0 Å². The number of nitrogens with two attached hydrogens (primary N) is 2. The van der Waals surface area contributed by atoms with E-state index in [1.165, 1.54) is 18.9 Å². The minimum Gasteiger partial charge on any atom is -0.480 e. The molecule has 4 aromatic rings. The number of hydrogen-bond donors (Lipinski definition) is 9. The first-order chi connectivity index (χ1) is 21.2. The number of carbonyl (C=O) groups is 4. The number of rotatable bonds is 17.